The van der Waals surface area contributed by atoms with Crippen molar-refractivity contribution in [1.82, 2.24) is 9.55 Å². The lowest BCUT2D eigenvalue weighted by atomic mass is 9.75. The molecule has 2 heterocycles. The predicted octanol–water partition coefficient (Wildman–Crippen LogP) is 1.84. The Morgan fingerprint density at radius 3 is 2.09 bits per heavy atom. The van der Waals surface area contributed by atoms with Gasteiger partial charge in [0.25, 0.3) is 5.56 Å². The molecule has 0 amide bonds. The maximum atomic E-state index is 12.8. The van der Waals surface area contributed by atoms with E-state index in [2.05, 4.69) is 4.98 Å². The zero-order chi connectivity index (χ0) is 25.4. The van der Waals surface area contributed by atoms with Crippen molar-refractivity contribution in [2.75, 3.05) is 0 Å². The van der Waals surface area contributed by atoms with Crippen molar-refractivity contribution in [2.45, 2.75) is 63.4 Å². The zero-order valence-electron chi connectivity index (χ0n) is 20.8. The number of nitrogens with two attached hydrogens (primary N) is 1. The molecule has 2 aromatic carbocycles. The largest absolute Gasteiger partial charge is 0.411 e. The van der Waals surface area contributed by atoms with Gasteiger partial charge in [0.05, 0.1) is 5.60 Å². The number of ether oxygens (including phenoxy) is 2. The van der Waals surface area contributed by atoms with E-state index in [4.69, 9.17) is 19.6 Å². The maximum Gasteiger partial charge on any atom is 0.330 e. The predicted molar refractivity (Wildman–Crippen MR) is 137 cm³/mol. The third-order valence-corrected chi connectivity index (χ3v) is 7.01. The molecule has 0 radical (unpaired) electrons. The fraction of sp³-hybridized carbons (Fsp3) is 0.385. The number of rotatable bonds is 6. The second kappa shape index (κ2) is 9.33. The highest BCUT2D eigenvalue weighted by Crippen LogP contribution is 2.51. The van der Waals surface area contributed by atoms with Gasteiger partial charge in [0, 0.05) is 18.2 Å². The molecule has 8 nitrogen and oxygen atoms in total. The van der Waals surface area contributed by atoms with E-state index in [0.29, 0.717) is 16.0 Å². The van der Waals surface area contributed by atoms with Gasteiger partial charge in [0.15, 0.2) is 11.3 Å². The smallest absolute Gasteiger partial charge is 0.330 e. The molecule has 0 aliphatic carbocycles. The van der Waals surface area contributed by atoms with E-state index in [-0.39, 0.29) is 6.42 Å². The lowest BCUT2D eigenvalue weighted by Crippen LogP contribution is -2.66. The Morgan fingerprint density at radius 2 is 1.60 bits per heavy atom. The summed E-state index contributed by atoms with van der Waals surface area (Å²) in [4.78, 5) is 27.1. The number of nitrogens with zero attached hydrogens (tertiary/aromatic N) is 1. The van der Waals surface area contributed by atoms with Gasteiger partial charge in [-0.15, -0.1) is 0 Å². The van der Waals surface area contributed by atoms with Crippen LogP contribution in [0.2, 0.25) is 0 Å². The van der Waals surface area contributed by atoms with Crippen molar-refractivity contribution in [1.29, 1.82) is 0 Å². The van der Waals surface area contributed by atoms with Crippen LogP contribution in [0.4, 0.5) is 0 Å². The maximum absolute atomic E-state index is 12.8. The van der Waals surface area contributed by atoms with Crippen LogP contribution >= 0.6 is 0 Å². The third-order valence-electron chi connectivity index (χ3n) is 6.39. The lowest BCUT2D eigenvalue weighted by Gasteiger charge is -2.49. The summed E-state index contributed by atoms with van der Waals surface area (Å²) < 4.78 is 21.0. The standard InChI is InChI=1S/C26H33N3O5Si/c1-17-16-29(23(31)28-22(17)30)21-15-20(32-24(2,3)4)26(27,33-21)25(34-35,18-11-7-5-8-12-18)19-13-9-6-10-14-19/h5-14,16,20-21H,15,27H2,1-4,35H3,(H,28,30,31)/t20-,21+,26-/m0/s1. The molecule has 0 saturated carbocycles. The second-order valence-corrected chi connectivity index (χ2v) is 10.3. The summed E-state index contributed by atoms with van der Waals surface area (Å²) in [5.74, 6) is 0. The van der Waals surface area contributed by atoms with Crippen LogP contribution in [0.5, 0.6) is 0 Å². The van der Waals surface area contributed by atoms with Crippen LogP contribution in [0.15, 0.2) is 76.4 Å². The SMILES string of the molecule is Cc1cn([C@H]2C[C@H](OC(C)(C)C)[C@@](N)(C(O[SiH3])(c3ccccc3)c3ccccc3)O2)c(=O)[nH]c1=O. The molecule has 1 saturated heterocycles. The number of hydrogen-bond donors (Lipinski definition) is 2. The quantitative estimate of drug-likeness (QED) is 0.505. The summed E-state index contributed by atoms with van der Waals surface area (Å²) >= 11 is 0. The van der Waals surface area contributed by atoms with Crippen LogP contribution in [0.3, 0.4) is 0 Å². The Bertz CT molecular complexity index is 1250. The minimum absolute atomic E-state index is 0.283. The van der Waals surface area contributed by atoms with E-state index in [1.165, 1.54) is 10.8 Å². The first-order chi connectivity index (χ1) is 16.5. The number of benzene rings is 2. The number of H-pyrrole nitrogens is 1. The highest BCUT2D eigenvalue weighted by atomic mass is 28.2. The van der Waals surface area contributed by atoms with Crippen molar-refractivity contribution in [3.05, 3.63) is 104 Å². The molecule has 186 valence electrons. The van der Waals surface area contributed by atoms with Crippen LogP contribution in [-0.4, -0.2) is 37.5 Å². The van der Waals surface area contributed by atoms with E-state index in [0.717, 1.165) is 11.1 Å². The first-order valence-corrected chi connectivity index (χ1v) is 12.5. The number of aromatic nitrogens is 2. The fourth-order valence-corrected chi connectivity index (χ4v) is 5.70. The summed E-state index contributed by atoms with van der Waals surface area (Å²) in [5.41, 5.74) is 5.02. The van der Waals surface area contributed by atoms with Crippen molar-refractivity contribution >= 4 is 10.5 Å². The van der Waals surface area contributed by atoms with E-state index < -0.39 is 40.5 Å². The average molecular weight is 496 g/mol. The summed E-state index contributed by atoms with van der Waals surface area (Å²) in [5, 5.41) is 0. The van der Waals surface area contributed by atoms with Crippen LogP contribution in [0.25, 0.3) is 0 Å². The van der Waals surface area contributed by atoms with Gasteiger partial charge in [0.1, 0.15) is 22.8 Å². The molecule has 4 rings (SSSR count). The van der Waals surface area contributed by atoms with E-state index in [9.17, 15) is 9.59 Å². The molecule has 0 spiro atoms. The van der Waals surface area contributed by atoms with Crippen molar-refractivity contribution < 1.29 is 13.9 Å². The van der Waals surface area contributed by atoms with Gasteiger partial charge < -0.3 is 13.9 Å². The van der Waals surface area contributed by atoms with Gasteiger partial charge in [-0.2, -0.15) is 0 Å². The second-order valence-electron chi connectivity index (χ2n) is 9.92. The molecule has 3 aromatic rings. The first-order valence-electron chi connectivity index (χ1n) is 11.6. The first kappa shape index (κ1) is 25.3. The van der Waals surface area contributed by atoms with Crippen LogP contribution in [0, 0.1) is 6.92 Å². The molecule has 1 aliphatic heterocycles. The Labute approximate surface area is 207 Å². The van der Waals surface area contributed by atoms with Crippen LogP contribution < -0.4 is 17.0 Å². The molecular weight excluding hydrogens is 462 g/mol. The van der Waals surface area contributed by atoms with Gasteiger partial charge in [-0.25, -0.2) is 4.79 Å². The molecule has 9 heteroatoms. The Hall–Kier alpha value is -2.82. The molecule has 0 bridgehead atoms. The molecule has 1 aromatic heterocycles. The summed E-state index contributed by atoms with van der Waals surface area (Å²) in [6, 6.07) is 19.4. The molecule has 35 heavy (non-hydrogen) atoms. The van der Waals surface area contributed by atoms with E-state index in [1.807, 2.05) is 81.4 Å². The Kier molecular flexibility index (Phi) is 6.73. The van der Waals surface area contributed by atoms with Gasteiger partial charge in [-0.1, -0.05) is 60.7 Å². The van der Waals surface area contributed by atoms with Crippen LogP contribution in [0.1, 0.15) is 50.1 Å². The Morgan fingerprint density at radius 1 is 1.06 bits per heavy atom. The number of aromatic amines is 1. The minimum atomic E-state index is -1.51. The van der Waals surface area contributed by atoms with E-state index in [1.54, 1.807) is 6.92 Å². The highest BCUT2D eigenvalue weighted by Gasteiger charge is 2.63. The molecular formula is C26H33N3O5Si. The lowest BCUT2D eigenvalue weighted by molar-refractivity contribution is -0.215. The highest BCUT2D eigenvalue weighted by molar-refractivity contribution is 5.98. The summed E-state index contributed by atoms with van der Waals surface area (Å²) in [6.07, 6.45) is 0.353. The van der Waals surface area contributed by atoms with Gasteiger partial charge >= 0.3 is 5.69 Å². The Balaban J connectivity index is 1.95. The number of nitrogens with one attached hydrogen (secondary N) is 1. The topological polar surface area (TPSA) is 109 Å². The minimum Gasteiger partial charge on any atom is -0.411 e. The summed E-state index contributed by atoms with van der Waals surface area (Å²) in [6.45, 7) is 7.49. The van der Waals surface area contributed by atoms with Crippen LogP contribution in [-0.2, 0) is 19.5 Å². The number of hydrogen-bond acceptors (Lipinski definition) is 6. The van der Waals surface area contributed by atoms with Gasteiger partial charge in [-0.3, -0.25) is 20.1 Å². The normalized spacial score (nSPS) is 23.0. The molecule has 1 fully saturated rings. The molecule has 3 N–H and O–H groups in total. The van der Waals surface area contributed by atoms with Gasteiger partial charge in [-0.05, 0) is 38.8 Å². The zero-order valence-corrected chi connectivity index (χ0v) is 22.8. The van der Waals surface area contributed by atoms with Crippen molar-refractivity contribution in [2.24, 2.45) is 5.73 Å². The summed E-state index contributed by atoms with van der Waals surface area (Å²) in [7, 11) is 0.344. The van der Waals surface area contributed by atoms with Crippen molar-refractivity contribution in [3.8, 4) is 0 Å². The fourth-order valence-electron chi connectivity index (χ4n) is 4.91. The van der Waals surface area contributed by atoms with Gasteiger partial charge in [0.2, 0.25) is 0 Å². The molecule has 1 aliphatic rings. The monoisotopic (exact) mass is 495 g/mol. The van der Waals surface area contributed by atoms with E-state index >= 15 is 0 Å². The third kappa shape index (κ3) is 4.46. The average Bonchev–Trinajstić information content (AvgIpc) is 3.14. The van der Waals surface area contributed by atoms with Crippen molar-refractivity contribution in [3.63, 3.8) is 0 Å². The number of aryl methyl sites for hydroxylation is 1. The molecule has 3 atom stereocenters. The molecule has 0 unspecified atom stereocenters.